The fraction of sp³-hybridized carbons (Fsp3) is 0.261. The van der Waals surface area contributed by atoms with Gasteiger partial charge in [-0.2, -0.15) is 0 Å². The van der Waals surface area contributed by atoms with Gasteiger partial charge >= 0.3 is 5.97 Å². The summed E-state index contributed by atoms with van der Waals surface area (Å²) in [6, 6.07) is 18.7. The average Bonchev–Trinajstić information content (AvgIpc) is 2.72. The van der Waals surface area contributed by atoms with Gasteiger partial charge in [0, 0.05) is 12.1 Å². The molecule has 6 nitrogen and oxygen atoms in total. The SMILES string of the molecule is CN(C)CCOc1ccc2ccccc2c1C1Oc2ccccc2OC1C(=O)O. The molecule has 1 aliphatic rings. The molecule has 3 aromatic carbocycles. The van der Waals surface area contributed by atoms with Gasteiger partial charge < -0.3 is 24.2 Å². The molecule has 0 bridgehead atoms. The highest BCUT2D eigenvalue weighted by atomic mass is 16.6. The summed E-state index contributed by atoms with van der Waals surface area (Å²) in [5.41, 5.74) is 0.684. The van der Waals surface area contributed by atoms with E-state index in [4.69, 9.17) is 14.2 Å². The van der Waals surface area contributed by atoms with Crippen molar-refractivity contribution in [2.45, 2.75) is 12.2 Å². The molecule has 0 saturated heterocycles. The van der Waals surface area contributed by atoms with E-state index in [-0.39, 0.29) is 0 Å². The molecule has 6 heteroatoms. The van der Waals surface area contributed by atoms with Gasteiger partial charge in [-0.1, -0.05) is 42.5 Å². The van der Waals surface area contributed by atoms with E-state index in [1.165, 1.54) is 0 Å². The first-order valence-corrected chi connectivity index (χ1v) is 9.49. The number of hydrogen-bond acceptors (Lipinski definition) is 5. The zero-order valence-electron chi connectivity index (χ0n) is 16.4. The molecule has 0 radical (unpaired) electrons. The molecule has 0 saturated carbocycles. The molecule has 0 aromatic heterocycles. The maximum atomic E-state index is 12.0. The standard InChI is InChI=1S/C23H23NO5/c1-24(2)13-14-27-19-12-11-15-7-3-4-8-16(15)20(19)21-22(23(25)26)29-18-10-6-5-9-17(18)28-21/h3-12,21-22H,13-14H2,1-2H3,(H,25,26). The van der Waals surface area contributed by atoms with Crippen LogP contribution in [0.4, 0.5) is 0 Å². The van der Waals surface area contributed by atoms with Crippen molar-refractivity contribution in [1.82, 2.24) is 4.90 Å². The van der Waals surface area contributed by atoms with Crippen molar-refractivity contribution in [1.29, 1.82) is 0 Å². The third kappa shape index (κ3) is 3.84. The van der Waals surface area contributed by atoms with Crippen LogP contribution in [-0.2, 0) is 4.79 Å². The molecule has 2 atom stereocenters. The molecule has 0 aliphatic carbocycles. The van der Waals surface area contributed by atoms with Gasteiger partial charge in [0.05, 0.1) is 0 Å². The maximum absolute atomic E-state index is 12.0. The first-order chi connectivity index (χ1) is 14.0. The van der Waals surface area contributed by atoms with Crippen LogP contribution in [0.15, 0.2) is 60.7 Å². The van der Waals surface area contributed by atoms with Crippen molar-refractivity contribution >= 4 is 16.7 Å². The van der Waals surface area contributed by atoms with Crippen LogP contribution in [0.2, 0.25) is 0 Å². The number of aliphatic carboxylic acids is 1. The van der Waals surface area contributed by atoms with Crippen molar-refractivity contribution in [2.24, 2.45) is 0 Å². The van der Waals surface area contributed by atoms with E-state index in [1.54, 1.807) is 18.2 Å². The molecule has 3 aromatic rings. The third-order valence-corrected chi connectivity index (χ3v) is 4.89. The summed E-state index contributed by atoms with van der Waals surface area (Å²) in [5.74, 6) is 0.454. The average molecular weight is 393 g/mol. The summed E-state index contributed by atoms with van der Waals surface area (Å²) in [4.78, 5) is 14.1. The van der Waals surface area contributed by atoms with Crippen molar-refractivity contribution in [3.05, 3.63) is 66.2 Å². The highest BCUT2D eigenvalue weighted by molar-refractivity contribution is 5.89. The Morgan fingerprint density at radius 2 is 1.69 bits per heavy atom. The van der Waals surface area contributed by atoms with Crippen LogP contribution in [0, 0.1) is 0 Å². The van der Waals surface area contributed by atoms with E-state index in [1.807, 2.05) is 61.5 Å². The maximum Gasteiger partial charge on any atom is 0.349 e. The second kappa shape index (κ2) is 8.01. The Balaban J connectivity index is 1.82. The number of nitrogens with zero attached hydrogens (tertiary/aromatic N) is 1. The number of benzene rings is 3. The minimum absolute atomic E-state index is 0.423. The van der Waals surface area contributed by atoms with Crippen molar-refractivity contribution in [3.63, 3.8) is 0 Å². The lowest BCUT2D eigenvalue weighted by Crippen LogP contribution is -2.39. The zero-order chi connectivity index (χ0) is 20.4. The molecule has 1 heterocycles. The Morgan fingerprint density at radius 1 is 1.00 bits per heavy atom. The molecule has 0 spiro atoms. The molecule has 1 N–H and O–H groups in total. The Morgan fingerprint density at radius 3 is 2.41 bits per heavy atom. The van der Waals surface area contributed by atoms with Crippen LogP contribution in [0.5, 0.6) is 17.2 Å². The number of ether oxygens (including phenoxy) is 3. The monoisotopic (exact) mass is 393 g/mol. The van der Waals surface area contributed by atoms with Gasteiger partial charge in [0.2, 0.25) is 6.10 Å². The molecule has 0 amide bonds. The molecular weight excluding hydrogens is 370 g/mol. The topological polar surface area (TPSA) is 68.2 Å². The van der Waals surface area contributed by atoms with Gasteiger partial charge in [-0.05, 0) is 43.1 Å². The van der Waals surface area contributed by atoms with E-state index < -0.39 is 18.2 Å². The molecule has 29 heavy (non-hydrogen) atoms. The number of likely N-dealkylation sites (N-methyl/N-ethyl adjacent to an activating group) is 1. The first-order valence-electron chi connectivity index (χ1n) is 9.49. The summed E-state index contributed by atoms with van der Waals surface area (Å²) in [6.45, 7) is 1.21. The minimum atomic E-state index is -1.19. The van der Waals surface area contributed by atoms with Gasteiger partial charge in [0.1, 0.15) is 12.4 Å². The first kappa shape index (κ1) is 19.1. The number of para-hydroxylation sites is 2. The van der Waals surface area contributed by atoms with Crippen molar-refractivity contribution in [2.75, 3.05) is 27.2 Å². The van der Waals surface area contributed by atoms with Crippen LogP contribution in [0.3, 0.4) is 0 Å². The number of carboxylic acid groups (broad SMARTS) is 1. The normalized spacial score (nSPS) is 18.0. The number of carboxylic acids is 1. The molecule has 2 unspecified atom stereocenters. The largest absolute Gasteiger partial charge is 0.492 e. The third-order valence-electron chi connectivity index (χ3n) is 4.89. The second-order valence-electron chi connectivity index (χ2n) is 7.21. The lowest BCUT2D eigenvalue weighted by Gasteiger charge is -2.33. The fourth-order valence-corrected chi connectivity index (χ4v) is 3.47. The summed E-state index contributed by atoms with van der Waals surface area (Å²) >= 11 is 0. The predicted octanol–water partition coefficient (Wildman–Crippen LogP) is 3.75. The van der Waals surface area contributed by atoms with Crippen LogP contribution >= 0.6 is 0 Å². The van der Waals surface area contributed by atoms with Crippen LogP contribution in [0.1, 0.15) is 11.7 Å². The van der Waals surface area contributed by atoms with Crippen LogP contribution < -0.4 is 14.2 Å². The molecule has 0 fully saturated rings. The summed E-state index contributed by atoms with van der Waals surface area (Å²) in [5, 5.41) is 11.7. The van der Waals surface area contributed by atoms with Gasteiger partial charge in [0.15, 0.2) is 17.6 Å². The molecule has 150 valence electrons. The molecule has 4 rings (SSSR count). The van der Waals surface area contributed by atoms with Crippen LogP contribution in [-0.4, -0.2) is 49.3 Å². The second-order valence-corrected chi connectivity index (χ2v) is 7.21. The van der Waals surface area contributed by atoms with Gasteiger partial charge in [-0.25, -0.2) is 4.79 Å². The Kier molecular flexibility index (Phi) is 5.27. The summed E-state index contributed by atoms with van der Waals surface area (Å²) in [7, 11) is 3.94. The lowest BCUT2D eigenvalue weighted by molar-refractivity contribution is -0.151. The molecule has 1 aliphatic heterocycles. The minimum Gasteiger partial charge on any atom is -0.492 e. The number of rotatable bonds is 6. The van der Waals surface area contributed by atoms with E-state index in [9.17, 15) is 9.90 Å². The summed E-state index contributed by atoms with van der Waals surface area (Å²) in [6.07, 6.45) is -2.03. The zero-order valence-corrected chi connectivity index (χ0v) is 16.4. The Labute approximate surface area is 169 Å². The Bertz CT molecular complexity index is 1030. The van der Waals surface area contributed by atoms with E-state index in [0.29, 0.717) is 29.4 Å². The van der Waals surface area contributed by atoms with Crippen molar-refractivity contribution < 1.29 is 24.1 Å². The lowest BCUT2D eigenvalue weighted by atomic mass is 9.95. The highest BCUT2D eigenvalue weighted by Gasteiger charge is 2.40. The number of carbonyl (C=O) groups is 1. The summed E-state index contributed by atoms with van der Waals surface area (Å²) < 4.78 is 18.0. The van der Waals surface area contributed by atoms with E-state index in [2.05, 4.69) is 0 Å². The predicted molar refractivity (Wildman–Crippen MR) is 110 cm³/mol. The van der Waals surface area contributed by atoms with E-state index >= 15 is 0 Å². The highest BCUT2D eigenvalue weighted by Crippen LogP contribution is 2.44. The number of hydrogen-bond donors (Lipinski definition) is 1. The fourth-order valence-electron chi connectivity index (χ4n) is 3.47. The molecular formula is C23H23NO5. The Hall–Kier alpha value is -3.25. The quantitative estimate of drug-likeness (QED) is 0.688. The van der Waals surface area contributed by atoms with Gasteiger partial charge in [0.25, 0.3) is 0 Å². The smallest absolute Gasteiger partial charge is 0.349 e. The van der Waals surface area contributed by atoms with Gasteiger partial charge in [-0.3, -0.25) is 0 Å². The number of fused-ring (bicyclic) bond motifs is 2. The van der Waals surface area contributed by atoms with Crippen molar-refractivity contribution in [3.8, 4) is 17.2 Å². The van der Waals surface area contributed by atoms with E-state index in [0.717, 1.165) is 17.3 Å². The van der Waals surface area contributed by atoms with Gasteiger partial charge in [-0.15, -0.1) is 0 Å². The van der Waals surface area contributed by atoms with Crippen LogP contribution in [0.25, 0.3) is 10.8 Å².